The molecule has 33 heavy (non-hydrogen) atoms. The fraction of sp³-hybridized carbons (Fsp3) is 0.200. The highest BCUT2D eigenvalue weighted by Gasteiger charge is 2.39. The Morgan fingerprint density at radius 2 is 1.85 bits per heavy atom. The molecule has 0 aromatic heterocycles. The van der Waals surface area contributed by atoms with Gasteiger partial charge in [-0.1, -0.05) is 53.6 Å². The van der Waals surface area contributed by atoms with Gasteiger partial charge in [-0.15, -0.1) is 0 Å². The molecule has 0 spiro atoms. The van der Waals surface area contributed by atoms with Gasteiger partial charge in [0.1, 0.15) is 5.75 Å². The van der Waals surface area contributed by atoms with Gasteiger partial charge in [0.15, 0.2) is 0 Å². The first kappa shape index (κ1) is 22.1. The summed E-state index contributed by atoms with van der Waals surface area (Å²) in [7, 11) is -2.18. The highest BCUT2D eigenvalue weighted by atomic mass is 35.5. The summed E-state index contributed by atoms with van der Waals surface area (Å²) in [5.74, 6) is 1.19. The Bertz CT molecular complexity index is 1360. The van der Waals surface area contributed by atoms with Crippen molar-refractivity contribution in [2.24, 2.45) is 5.92 Å². The number of para-hydroxylation sites is 1. The van der Waals surface area contributed by atoms with Crippen molar-refractivity contribution in [1.82, 2.24) is 0 Å². The molecule has 0 amide bonds. The van der Waals surface area contributed by atoms with Crippen LogP contribution in [0.4, 0.5) is 11.4 Å². The number of halogens is 2. The Kier molecular flexibility index (Phi) is 5.77. The smallest absolute Gasteiger partial charge is 0.261 e. The van der Waals surface area contributed by atoms with Crippen molar-refractivity contribution in [3.63, 3.8) is 0 Å². The van der Waals surface area contributed by atoms with Gasteiger partial charge in [0.2, 0.25) is 0 Å². The van der Waals surface area contributed by atoms with Gasteiger partial charge >= 0.3 is 0 Å². The van der Waals surface area contributed by atoms with Crippen LogP contribution in [0.2, 0.25) is 10.0 Å². The van der Waals surface area contributed by atoms with Crippen molar-refractivity contribution >= 4 is 44.6 Å². The van der Waals surface area contributed by atoms with Gasteiger partial charge in [-0.05, 0) is 60.4 Å². The minimum Gasteiger partial charge on any atom is -0.496 e. The fourth-order valence-electron chi connectivity index (χ4n) is 4.75. The van der Waals surface area contributed by atoms with E-state index in [-0.39, 0.29) is 33.5 Å². The lowest BCUT2D eigenvalue weighted by Crippen LogP contribution is -2.29. The first-order valence-electron chi connectivity index (χ1n) is 10.6. The van der Waals surface area contributed by atoms with Crippen LogP contribution in [0.15, 0.2) is 77.7 Å². The molecule has 0 fully saturated rings. The van der Waals surface area contributed by atoms with E-state index in [9.17, 15) is 8.42 Å². The van der Waals surface area contributed by atoms with E-state index in [1.54, 1.807) is 31.4 Å². The summed E-state index contributed by atoms with van der Waals surface area (Å²) in [6.45, 7) is 0. The van der Waals surface area contributed by atoms with Crippen molar-refractivity contribution in [2.45, 2.75) is 23.3 Å². The summed E-state index contributed by atoms with van der Waals surface area (Å²) in [5.41, 5.74) is 3.21. The van der Waals surface area contributed by atoms with Crippen LogP contribution in [-0.2, 0) is 10.0 Å². The maximum atomic E-state index is 13.1. The predicted molar refractivity (Wildman–Crippen MR) is 133 cm³/mol. The van der Waals surface area contributed by atoms with Crippen molar-refractivity contribution in [2.75, 3.05) is 17.1 Å². The number of ether oxygens (including phenoxy) is 1. The molecule has 2 N–H and O–H groups in total. The average Bonchev–Trinajstić information content (AvgIpc) is 3.31. The first-order valence-corrected chi connectivity index (χ1v) is 12.8. The zero-order valence-corrected chi connectivity index (χ0v) is 20.1. The molecular formula is C25H22Cl2N2O3S. The monoisotopic (exact) mass is 500 g/mol. The van der Waals surface area contributed by atoms with Gasteiger partial charge in [0.05, 0.1) is 28.8 Å². The Morgan fingerprint density at radius 3 is 2.67 bits per heavy atom. The zero-order chi connectivity index (χ0) is 23.2. The maximum absolute atomic E-state index is 13.1. The van der Waals surface area contributed by atoms with Crippen LogP contribution >= 0.6 is 23.2 Å². The van der Waals surface area contributed by atoms with E-state index in [4.69, 9.17) is 27.9 Å². The molecular weight excluding hydrogens is 479 g/mol. The van der Waals surface area contributed by atoms with Gasteiger partial charge < -0.3 is 10.1 Å². The number of benzene rings is 3. The van der Waals surface area contributed by atoms with Crippen LogP contribution in [-0.4, -0.2) is 15.5 Å². The minimum absolute atomic E-state index is 0.0551. The SMILES string of the molecule is COc1ccccc1[C@H]1Nc2ccc(S(=O)(=O)Nc3cc(Cl)ccc3Cl)cc2[C@H]2C=CC[C@H]21. The zero-order valence-electron chi connectivity index (χ0n) is 17.8. The van der Waals surface area contributed by atoms with Crippen molar-refractivity contribution in [3.8, 4) is 5.75 Å². The molecule has 1 aliphatic carbocycles. The van der Waals surface area contributed by atoms with E-state index in [1.807, 2.05) is 24.3 Å². The molecule has 0 saturated carbocycles. The van der Waals surface area contributed by atoms with E-state index in [1.165, 1.54) is 6.07 Å². The molecule has 0 radical (unpaired) electrons. The topological polar surface area (TPSA) is 67.4 Å². The molecule has 2 aliphatic rings. The summed E-state index contributed by atoms with van der Waals surface area (Å²) in [4.78, 5) is 0.175. The molecule has 0 saturated heterocycles. The second kappa shape index (κ2) is 8.60. The third-order valence-electron chi connectivity index (χ3n) is 6.29. The Labute approximate surface area is 203 Å². The van der Waals surface area contributed by atoms with Gasteiger partial charge in [0, 0.05) is 22.2 Å². The second-order valence-corrected chi connectivity index (χ2v) is 10.7. The lowest BCUT2D eigenvalue weighted by atomic mass is 9.77. The summed E-state index contributed by atoms with van der Waals surface area (Å²) in [6, 6.07) is 17.9. The maximum Gasteiger partial charge on any atom is 0.261 e. The van der Waals surface area contributed by atoms with Crippen LogP contribution in [0.1, 0.15) is 29.5 Å². The number of rotatable bonds is 5. The molecule has 1 aliphatic heterocycles. The summed E-state index contributed by atoms with van der Waals surface area (Å²) >= 11 is 12.2. The molecule has 3 aromatic rings. The molecule has 5 nitrogen and oxygen atoms in total. The van der Waals surface area contributed by atoms with Crippen molar-refractivity contribution < 1.29 is 13.2 Å². The first-order chi connectivity index (χ1) is 15.9. The van der Waals surface area contributed by atoms with E-state index >= 15 is 0 Å². The molecule has 8 heteroatoms. The number of hydrogen-bond donors (Lipinski definition) is 2. The molecule has 5 rings (SSSR count). The Morgan fingerprint density at radius 1 is 1.03 bits per heavy atom. The summed E-state index contributed by atoms with van der Waals surface area (Å²) in [5, 5.41) is 4.31. The normalized spacial score (nSPS) is 21.1. The molecule has 3 atom stereocenters. The number of sulfonamides is 1. The van der Waals surface area contributed by atoms with Crippen LogP contribution in [0.5, 0.6) is 5.75 Å². The van der Waals surface area contributed by atoms with Crippen molar-refractivity contribution in [3.05, 3.63) is 94.0 Å². The number of nitrogens with one attached hydrogen (secondary N) is 2. The highest BCUT2D eigenvalue weighted by Crippen LogP contribution is 2.51. The van der Waals surface area contributed by atoms with Crippen LogP contribution in [0.25, 0.3) is 0 Å². The summed E-state index contributed by atoms with van der Waals surface area (Å²) in [6.07, 6.45) is 5.23. The average molecular weight is 501 g/mol. The Balaban J connectivity index is 1.51. The highest BCUT2D eigenvalue weighted by molar-refractivity contribution is 7.92. The lowest BCUT2D eigenvalue weighted by molar-refractivity contribution is 0.381. The largest absolute Gasteiger partial charge is 0.496 e. The van der Waals surface area contributed by atoms with Gasteiger partial charge in [-0.3, -0.25) is 4.72 Å². The van der Waals surface area contributed by atoms with E-state index in [2.05, 4.69) is 28.3 Å². The third-order valence-corrected chi connectivity index (χ3v) is 8.22. The van der Waals surface area contributed by atoms with E-state index in [0.717, 1.165) is 29.0 Å². The summed E-state index contributed by atoms with van der Waals surface area (Å²) < 4.78 is 34.5. The van der Waals surface area contributed by atoms with Crippen LogP contribution < -0.4 is 14.8 Å². The van der Waals surface area contributed by atoms with Crippen LogP contribution in [0.3, 0.4) is 0 Å². The van der Waals surface area contributed by atoms with Gasteiger partial charge in [0.25, 0.3) is 10.0 Å². The molecule has 0 bridgehead atoms. The molecule has 1 heterocycles. The lowest BCUT2D eigenvalue weighted by Gasteiger charge is -2.38. The minimum atomic E-state index is -3.86. The number of hydrogen-bond acceptors (Lipinski definition) is 4. The number of allylic oxidation sites excluding steroid dienone is 2. The number of methoxy groups -OCH3 is 1. The van der Waals surface area contributed by atoms with Crippen LogP contribution in [0, 0.1) is 5.92 Å². The van der Waals surface area contributed by atoms with E-state index in [0.29, 0.717) is 5.02 Å². The number of anilines is 2. The standard InChI is InChI=1S/C25H22Cl2N2O3S/c1-32-24-8-3-2-5-19(24)25-18-7-4-6-17(18)20-14-16(10-12-22(20)28-25)33(30,31)29-23-13-15(26)9-11-21(23)27/h2-6,8-14,17-18,25,28-29H,7H2,1H3/t17-,18+,25-/m0/s1. The second-order valence-electron chi connectivity index (χ2n) is 8.20. The molecule has 3 aromatic carbocycles. The van der Waals surface area contributed by atoms with E-state index < -0.39 is 10.0 Å². The number of fused-ring (bicyclic) bond motifs is 3. The molecule has 0 unspecified atom stereocenters. The third kappa shape index (κ3) is 4.07. The molecule has 170 valence electrons. The predicted octanol–water partition coefficient (Wildman–Crippen LogP) is 6.63. The van der Waals surface area contributed by atoms with Gasteiger partial charge in [-0.2, -0.15) is 0 Å². The Hall–Kier alpha value is -2.67. The van der Waals surface area contributed by atoms with Gasteiger partial charge in [-0.25, -0.2) is 8.42 Å². The quantitative estimate of drug-likeness (QED) is 0.385. The van der Waals surface area contributed by atoms with Crippen molar-refractivity contribution in [1.29, 1.82) is 0 Å². The fourth-order valence-corrected chi connectivity index (χ4v) is 6.25.